The molecule has 1 atom stereocenters. The lowest BCUT2D eigenvalue weighted by molar-refractivity contribution is -0.138. The second kappa shape index (κ2) is 4.68. The molecule has 0 saturated carbocycles. The normalized spacial score (nSPS) is 16.5. The van der Waals surface area contributed by atoms with E-state index in [0.717, 1.165) is 6.07 Å². The summed E-state index contributed by atoms with van der Waals surface area (Å²) in [5.74, 6) is 0.101. The van der Waals surface area contributed by atoms with Gasteiger partial charge in [0, 0.05) is 0 Å². The van der Waals surface area contributed by atoms with Gasteiger partial charge in [-0.2, -0.15) is 13.2 Å². The summed E-state index contributed by atoms with van der Waals surface area (Å²) >= 11 is 0. The number of ether oxygens (including phenoxy) is 2. The maximum atomic E-state index is 13.0. The quantitative estimate of drug-likeness (QED) is 0.889. The largest absolute Gasteiger partial charge is 0.486 e. The summed E-state index contributed by atoms with van der Waals surface area (Å²) < 4.78 is 49.4. The molecule has 0 aromatic heterocycles. The molecule has 1 unspecified atom stereocenters. The van der Waals surface area contributed by atoms with Gasteiger partial charge in [-0.1, -0.05) is 6.92 Å². The average molecular weight is 261 g/mol. The number of rotatable bonds is 2. The molecule has 100 valence electrons. The van der Waals surface area contributed by atoms with Gasteiger partial charge in [-0.05, 0) is 30.2 Å². The van der Waals surface area contributed by atoms with Crippen LogP contribution in [0.4, 0.5) is 13.2 Å². The van der Waals surface area contributed by atoms with Crippen LogP contribution in [0.3, 0.4) is 0 Å². The van der Waals surface area contributed by atoms with Gasteiger partial charge in [0.15, 0.2) is 11.5 Å². The van der Waals surface area contributed by atoms with Gasteiger partial charge >= 0.3 is 6.18 Å². The molecule has 1 aliphatic rings. The van der Waals surface area contributed by atoms with Gasteiger partial charge in [-0.15, -0.1) is 0 Å². The fourth-order valence-electron chi connectivity index (χ4n) is 1.88. The number of halogens is 3. The van der Waals surface area contributed by atoms with Crippen molar-refractivity contribution in [2.75, 3.05) is 19.8 Å². The standard InChI is InChI=1S/C12H14F3NO2/c1-7(6-16)8-4-10-11(18-3-2-17-10)5-9(8)12(13,14)15/h4-5,7H,2-3,6,16H2,1H3. The third kappa shape index (κ3) is 2.38. The van der Waals surface area contributed by atoms with Gasteiger partial charge in [0.1, 0.15) is 13.2 Å². The van der Waals surface area contributed by atoms with Gasteiger partial charge in [-0.25, -0.2) is 0 Å². The lowest BCUT2D eigenvalue weighted by Gasteiger charge is -2.24. The van der Waals surface area contributed by atoms with E-state index in [9.17, 15) is 13.2 Å². The highest BCUT2D eigenvalue weighted by Crippen LogP contribution is 2.42. The van der Waals surface area contributed by atoms with Crippen molar-refractivity contribution in [3.05, 3.63) is 23.3 Å². The van der Waals surface area contributed by atoms with Crippen LogP contribution in [0.5, 0.6) is 11.5 Å². The number of hydrogen-bond donors (Lipinski definition) is 1. The average Bonchev–Trinajstić information content (AvgIpc) is 2.35. The number of benzene rings is 1. The van der Waals surface area contributed by atoms with E-state index in [-0.39, 0.29) is 24.5 Å². The van der Waals surface area contributed by atoms with E-state index in [1.165, 1.54) is 6.07 Å². The second-order valence-corrected chi connectivity index (χ2v) is 4.22. The Morgan fingerprint density at radius 2 is 1.78 bits per heavy atom. The lowest BCUT2D eigenvalue weighted by Crippen LogP contribution is -2.20. The van der Waals surface area contributed by atoms with Crippen LogP contribution in [-0.2, 0) is 6.18 Å². The van der Waals surface area contributed by atoms with E-state index < -0.39 is 17.7 Å². The fraction of sp³-hybridized carbons (Fsp3) is 0.500. The number of hydrogen-bond acceptors (Lipinski definition) is 3. The van der Waals surface area contributed by atoms with Crippen molar-refractivity contribution in [3.63, 3.8) is 0 Å². The van der Waals surface area contributed by atoms with E-state index in [2.05, 4.69) is 0 Å². The van der Waals surface area contributed by atoms with Crippen LogP contribution in [0, 0.1) is 0 Å². The van der Waals surface area contributed by atoms with E-state index in [1.807, 2.05) is 0 Å². The van der Waals surface area contributed by atoms with Gasteiger partial charge < -0.3 is 15.2 Å². The fourth-order valence-corrected chi connectivity index (χ4v) is 1.88. The maximum Gasteiger partial charge on any atom is 0.416 e. The Kier molecular flexibility index (Phi) is 3.38. The first-order chi connectivity index (χ1) is 8.43. The van der Waals surface area contributed by atoms with Crippen molar-refractivity contribution in [1.29, 1.82) is 0 Å². The SMILES string of the molecule is CC(CN)c1cc2c(cc1C(F)(F)F)OCCO2. The van der Waals surface area contributed by atoms with Gasteiger partial charge in [0.25, 0.3) is 0 Å². The molecule has 0 bridgehead atoms. The Hall–Kier alpha value is -1.43. The Balaban J connectivity index is 2.54. The highest BCUT2D eigenvalue weighted by Gasteiger charge is 2.36. The van der Waals surface area contributed by atoms with Crippen LogP contribution in [0.2, 0.25) is 0 Å². The maximum absolute atomic E-state index is 13.0. The minimum Gasteiger partial charge on any atom is -0.486 e. The van der Waals surface area contributed by atoms with Crippen LogP contribution < -0.4 is 15.2 Å². The molecule has 1 aliphatic heterocycles. The summed E-state index contributed by atoms with van der Waals surface area (Å²) in [4.78, 5) is 0. The van der Waals surface area contributed by atoms with Gasteiger partial charge in [-0.3, -0.25) is 0 Å². The summed E-state index contributed by atoms with van der Waals surface area (Å²) in [6, 6.07) is 2.38. The molecule has 0 radical (unpaired) electrons. The monoisotopic (exact) mass is 261 g/mol. The molecule has 0 fully saturated rings. The molecule has 3 nitrogen and oxygen atoms in total. The van der Waals surface area contributed by atoms with Crippen LogP contribution in [0.25, 0.3) is 0 Å². The summed E-state index contributed by atoms with van der Waals surface area (Å²) in [6.07, 6.45) is -4.42. The summed E-state index contributed by atoms with van der Waals surface area (Å²) in [6.45, 7) is 2.40. The molecule has 6 heteroatoms. The highest BCUT2D eigenvalue weighted by atomic mass is 19.4. The van der Waals surface area contributed by atoms with Crippen molar-refractivity contribution in [3.8, 4) is 11.5 Å². The summed E-state index contributed by atoms with van der Waals surface area (Å²) in [5.41, 5.74) is 4.90. The minimum absolute atomic E-state index is 0.140. The first-order valence-electron chi connectivity index (χ1n) is 5.64. The Bertz CT molecular complexity index is 446. The molecule has 18 heavy (non-hydrogen) atoms. The smallest absolute Gasteiger partial charge is 0.416 e. The minimum atomic E-state index is -4.42. The predicted octanol–water partition coefficient (Wildman–Crippen LogP) is 2.54. The van der Waals surface area contributed by atoms with E-state index in [0.29, 0.717) is 12.4 Å². The van der Waals surface area contributed by atoms with Crippen molar-refractivity contribution >= 4 is 0 Å². The molecule has 0 amide bonds. The predicted molar refractivity (Wildman–Crippen MR) is 59.9 cm³/mol. The van der Waals surface area contributed by atoms with Crippen LogP contribution in [0.1, 0.15) is 24.0 Å². The molecule has 0 spiro atoms. The molecular formula is C12H14F3NO2. The van der Waals surface area contributed by atoms with Crippen LogP contribution in [0.15, 0.2) is 12.1 Å². The Morgan fingerprint density at radius 1 is 1.22 bits per heavy atom. The van der Waals surface area contributed by atoms with Gasteiger partial charge in [0.05, 0.1) is 5.56 Å². The molecule has 2 rings (SSSR count). The van der Waals surface area contributed by atoms with E-state index in [4.69, 9.17) is 15.2 Å². The molecule has 0 saturated heterocycles. The molecule has 0 aliphatic carbocycles. The highest BCUT2D eigenvalue weighted by molar-refractivity contribution is 5.50. The second-order valence-electron chi connectivity index (χ2n) is 4.22. The zero-order chi connectivity index (χ0) is 13.3. The molecule has 2 N–H and O–H groups in total. The van der Waals surface area contributed by atoms with Crippen LogP contribution in [-0.4, -0.2) is 19.8 Å². The number of nitrogens with two attached hydrogens (primary N) is 1. The Morgan fingerprint density at radius 3 is 2.28 bits per heavy atom. The third-order valence-corrected chi connectivity index (χ3v) is 2.90. The molecular weight excluding hydrogens is 247 g/mol. The molecule has 1 heterocycles. The van der Waals surface area contributed by atoms with E-state index >= 15 is 0 Å². The number of alkyl halides is 3. The molecule has 1 aromatic carbocycles. The molecule has 1 aromatic rings. The zero-order valence-electron chi connectivity index (χ0n) is 9.88. The first-order valence-corrected chi connectivity index (χ1v) is 5.64. The van der Waals surface area contributed by atoms with Crippen molar-refractivity contribution in [2.24, 2.45) is 5.73 Å². The topological polar surface area (TPSA) is 44.5 Å². The van der Waals surface area contributed by atoms with Crippen LogP contribution >= 0.6 is 0 Å². The van der Waals surface area contributed by atoms with E-state index in [1.54, 1.807) is 6.92 Å². The Labute approximate surface area is 103 Å². The summed E-state index contributed by atoms with van der Waals surface area (Å²) in [5, 5.41) is 0. The number of fused-ring (bicyclic) bond motifs is 1. The van der Waals surface area contributed by atoms with Crippen molar-refractivity contribution in [2.45, 2.75) is 19.0 Å². The lowest BCUT2D eigenvalue weighted by atomic mass is 9.94. The zero-order valence-corrected chi connectivity index (χ0v) is 9.88. The van der Waals surface area contributed by atoms with Crippen molar-refractivity contribution in [1.82, 2.24) is 0 Å². The third-order valence-electron chi connectivity index (χ3n) is 2.90. The van der Waals surface area contributed by atoms with Gasteiger partial charge in [0.2, 0.25) is 0 Å². The first kappa shape index (κ1) is 13.0. The van der Waals surface area contributed by atoms with Crippen molar-refractivity contribution < 1.29 is 22.6 Å². The summed E-state index contributed by atoms with van der Waals surface area (Å²) in [7, 11) is 0.